The van der Waals surface area contributed by atoms with E-state index in [-0.39, 0.29) is 12.5 Å². The van der Waals surface area contributed by atoms with Crippen LogP contribution < -0.4 is 20.2 Å². The number of hydrogen-bond donors (Lipinski definition) is 2. The van der Waals surface area contributed by atoms with E-state index < -0.39 is 0 Å². The van der Waals surface area contributed by atoms with Crippen LogP contribution in [0.4, 0.5) is 5.69 Å². The predicted octanol–water partition coefficient (Wildman–Crippen LogP) is 4.02. The number of halogens is 2. The van der Waals surface area contributed by atoms with Crippen molar-refractivity contribution in [2.45, 2.75) is 6.92 Å². The molecule has 2 rings (SSSR count). The van der Waals surface area contributed by atoms with Crippen LogP contribution in [0.1, 0.15) is 12.5 Å². The van der Waals surface area contributed by atoms with Crippen molar-refractivity contribution in [3.63, 3.8) is 0 Å². The van der Waals surface area contributed by atoms with Crippen molar-refractivity contribution in [3.8, 4) is 11.5 Å². The summed E-state index contributed by atoms with van der Waals surface area (Å²) in [6.07, 6.45) is 1.57. The molecule has 1 amide bonds. The molecule has 0 aliphatic rings. The van der Waals surface area contributed by atoms with Gasteiger partial charge >= 0.3 is 0 Å². The Balaban J connectivity index is 1.92. The van der Waals surface area contributed by atoms with Crippen LogP contribution in [0, 0.1) is 3.57 Å². The van der Waals surface area contributed by atoms with E-state index in [9.17, 15) is 4.79 Å². The molecule has 26 heavy (non-hydrogen) atoms. The lowest BCUT2D eigenvalue weighted by atomic mass is 10.2. The van der Waals surface area contributed by atoms with Crippen LogP contribution in [0.25, 0.3) is 0 Å². The number of nitrogens with zero attached hydrogens (tertiary/aromatic N) is 1. The van der Waals surface area contributed by atoms with E-state index in [1.54, 1.807) is 13.3 Å². The first-order valence-corrected chi connectivity index (χ1v) is 9.72. The first kappa shape index (κ1) is 20.5. The summed E-state index contributed by atoms with van der Waals surface area (Å²) in [4.78, 5) is 11.9. The standard InChI is InChI=1S/C18H19BrIN3O3/c1-3-26-16-9-12(8-15(20)18(16)25-2)10-22-23-17(24)11-21-14-6-4-13(19)5-7-14/h4-10,21H,3,11H2,1-2H3,(H,23,24)/b22-10-. The molecule has 6 nitrogen and oxygen atoms in total. The Labute approximate surface area is 174 Å². The monoisotopic (exact) mass is 531 g/mol. The zero-order valence-electron chi connectivity index (χ0n) is 14.4. The summed E-state index contributed by atoms with van der Waals surface area (Å²) in [5.74, 6) is 1.09. The van der Waals surface area contributed by atoms with Crippen LogP contribution >= 0.6 is 38.5 Å². The minimum absolute atomic E-state index is 0.128. The van der Waals surface area contributed by atoms with Gasteiger partial charge in [0.1, 0.15) is 0 Å². The molecular weight excluding hydrogens is 513 g/mol. The van der Waals surface area contributed by atoms with E-state index in [0.29, 0.717) is 18.1 Å². The van der Waals surface area contributed by atoms with Gasteiger partial charge < -0.3 is 14.8 Å². The second-order valence-electron chi connectivity index (χ2n) is 5.12. The Hall–Kier alpha value is -1.81. The molecule has 8 heteroatoms. The molecule has 0 spiro atoms. The van der Waals surface area contributed by atoms with Crippen molar-refractivity contribution in [1.82, 2.24) is 5.43 Å². The van der Waals surface area contributed by atoms with Gasteiger partial charge in [-0.3, -0.25) is 4.79 Å². The normalized spacial score (nSPS) is 10.6. The Morgan fingerprint density at radius 3 is 2.69 bits per heavy atom. The van der Waals surface area contributed by atoms with Gasteiger partial charge in [0.2, 0.25) is 0 Å². The fourth-order valence-electron chi connectivity index (χ4n) is 2.09. The molecule has 138 valence electrons. The van der Waals surface area contributed by atoms with E-state index >= 15 is 0 Å². The predicted molar refractivity (Wildman–Crippen MR) is 115 cm³/mol. The molecule has 0 heterocycles. The highest BCUT2D eigenvalue weighted by Gasteiger charge is 2.10. The first-order chi connectivity index (χ1) is 12.5. The average molecular weight is 532 g/mol. The number of benzene rings is 2. The Bertz CT molecular complexity index is 782. The third kappa shape index (κ3) is 6.17. The smallest absolute Gasteiger partial charge is 0.259 e. The number of hydrogen-bond acceptors (Lipinski definition) is 5. The van der Waals surface area contributed by atoms with Crippen LogP contribution in [0.15, 0.2) is 46.0 Å². The minimum Gasteiger partial charge on any atom is -0.492 e. The molecule has 0 aromatic heterocycles. The lowest BCUT2D eigenvalue weighted by molar-refractivity contribution is -0.119. The quantitative estimate of drug-likeness (QED) is 0.306. The van der Waals surface area contributed by atoms with Gasteiger partial charge in [-0.05, 0) is 71.5 Å². The lowest BCUT2D eigenvalue weighted by Crippen LogP contribution is -2.25. The highest BCUT2D eigenvalue weighted by molar-refractivity contribution is 14.1. The minimum atomic E-state index is -0.239. The third-order valence-corrected chi connectivity index (χ3v) is 4.57. The van der Waals surface area contributed by atoms with Gasteiger partial charge in [0.25, 0.3) is 5.91 Å². The second kappa shape index (κ2) is 10.4. The molecule has 0 saturated carbocycles. The lowest BCUT2D eigenvalue weighted by Gasteiger charge is -2.11. The number of methoxy groups -OCH3 is 1. The van der Waals surface area contributed by atoms with Crippen molar-refractivity contribution in [1.29, 1.82) is 0 Å². The molecule has 0 fully saturated rings. The molecule has 0 radical (unpaired) electrons. The van der Waals surface area contributed by atoms with Crippen molar-refractivity contribution in [2.24, 2.45) is 5.10 Å². The first-order valence-electron chi connectivity index (χ1n) is 7.85. The number of nitrogens with one attached hydrogen (secondary N) is 2. The summed E-state index contributed by atoms with van der Waals surface area (Å²) in [5, 5.41) is 7.02. The van der Waals surface area contributed by atoms with Crippen LogP contribution in [0.3, 0.4) is 0 Å². The van der Waals surface area contributed by atoms with Crippen molar-refractivity contribution < 1.29 is 14.3 Å². The number of anilines is 1. The summed E-state index contributed by atoms with van der Waals surface area (Å²) in [6, 6.07) is 11.3. The SMILES string of the molecule is CCOc1cc(/C=N\NC(=O)CNc2ccc(Br)cc2)cc(I)c1OC. The Morgan fingerprint density at radius 1 is 1.31 bits per heavy atom. The van der Waals surface area contributed by atoms with Crippen LogP contribution in [-0.2, 0) is 4.79 Å². The maximum Gasteiger partial charge on any atom is 0.259 e. The molecule has 0 unspecified atom stereocenters. The van der Waals surface area contributed by atoms with E-state index in [1.807, 2.05) is 43.3 Å². The van der Waals surface area contributed by atoms with Crippen molar-refractivity contribution in [3.05, 3.63) is 50.0 Å². The molecule has 2 aromatic carbocycles. The highest BCUT2D eigenvalue weighted by atomic mass is 127. The van der Waals surface area contributed by atoms with Crippen LogP contribution in [-0.4, -0.2) is 32.4 Å². The largest absolute Gasteiger partial charge is 0.492 e. The topological polar surface area (TPSA) is 72.0 Å². The number of amides is 1. The highest BCUT2D eigenvalue weighted by Crippen LogP contribution is 2.33. The third-order valence-electron chi connectivity index (χ3n) is 3.24. The number of hydrazone groups is 1. The van der Waals surface area contributed by atoms with Crippen LogP contribution in [0.2, 0.25) is 0 Å². The Kier molecular flexibility index (Phi) is 8.17. The number of carbonyl (C=O) groups excluding carboxylic acids is 1. The number of carbonyl (C=O) groups is 1. The van der Waals surface area contributed by atoms with Gasteiger partial charge in [-0.15, -0.1) is 0 Å². The maximum atomic E-state index is 11.9. The zero-order chi connectivity index (χ0) is 18.9. The maximum absolute atomic E-state index is 11.9. The number of rotatable bonds is 8. The average Bonchev–Trinajstić information content (AvgIpc) is 2.61. The summed E-state index contributed by atoms with van der Waals surface area (Å²) in [6.45, 7) is 2.57. The van der Waals surface area contributed by atoms with E-state index in [1.165, 1.54) is 0 Å². The van der Waals surface area contributed by atoms with E-state index in [0.717, 1.165) is 19.3 Å². The van der Waals surface area contributed by atoms with Gasteiger partial charge in [-0.1, -0.05) is 15.9 Å². The van der Waals surface area contributed by atoms with Crippen molar-refractivity contribution in [2.75, 3.05) is 25.6 Å². The summed E-state index contributed by atoms with van der Waals surface area (Å²) in [7, 11) is 1.60. The summed E-state index contributed by atoms with van der Waals surface area (Å²) in [5.41, 5.74) is 4.16. The molecular formula is C18H19BrIN3O3. The van der Waals surface area contributed by atoms with Gasteiger partial charge in [-0.25, -0.2) is 5.43 Å². The molecule has 2 N–H and O–H groups in total. The molecule has 0 saturated heterocycles. The van der Waals surface area contributed by atoms with Crippen molar-refractivity contribution >= 4 is 56.3 Å². The molecule has 2 aromatic rings. The summed E-state index contributed by atoms with van der Waals surface area (Å²) >= 11 is 5.54. The second-order valence-corrected chi connectivity index (χ2v) is 7.20. The molecule has 0 atom stereocenters. The molecule has 0 aliphatic carbocycles. The van der Waals surface area contributed by atoms with Crippen LogP contribution in [0.5, 0.6) is 11.5 Å². The number of ether oxygens (including phenoxy) is 2. The fraction of sp³-hybridized carbons (Fsp3) is 0.222. The zero-order valence-corrected chi connectivity index (χ0v) is 18.1. The van der Waals surface area contributed by atoms with Gasteiger partial charge in [-0.2, -0.15) is 5.10 Å². The van der Waals surface area contributed by atoms with Gasteiger partial charge in [0.05, 0.1) is 30.0 Å². The fourth-order valence-corrected chi connectivity index (χ4v) is 3.20. The van der Waals surface area contributed by atoms with Gasteiger partial charge in [0, 0.05) is 10.2 Å². The Morgan fingerprint density at radius 2 is 2.04 bits per heavy atom. The molecule has 0 bridgehead atoms. The summed E-state index contributed by atoms with van der Waals surface area (Å²) < 4.78 is 12.8. The van der Waals surface area contributed by atoms with E-state index in [4.69, 9.17) is 9.47 Å². The van der Waals surface area contributed by atoms with E-state index in [2.05, 4.69) is 54.4 Å². The molecule has 0 aliphatic heterocycles. The van der Waals surface area contributed by atoms with Gasteiger partial charge in [0.15, 0.2) is 11.5 Å².